The minimum Gasteiger partial charge on any atom is -0.389 e. The second-order valence-electron chi connectivity index (χ2n) is 4.08. The van der Waals surface area contributed by atoms with E-state index < -0.39 is 6.10 Å². The molecule has 3 nitrogen and oxygen atoms in total. The molecule has 1 aromatic carbocycles. The van der Waals surface area contributed by atoms with Gasteiger partial charge < -0.3 is 9.84 Å². The summed E-state index contributed by atoms with van der Waals surface area (Å²) in [4.78, 5) is 1.92. The van der Waals surface area contributed by atoms with E-state index in [0.29, 0.717) is 19.7 Å². The van der Waals surface area contributed by atoms with Gasteiger partial charge in [0.15, 0.2) is 0 Å². The van der Waals surface area contributed by atoms with E-state index in [4.69, 9.17) is 4.74 Å². The number of aliphatic hydroxyl groups excluding tert-OH is 1. The molecule has 0 spiro atoms. The molecule has 1 aromatic rings. The highest BCUT2D eigenvalue weighted by Gasteiger charge is 2.09. The topological polar surface area (TPSA) is 32.7 Å². The van der Waals surface area contributed by atoms with Crippen molar-refractivity contribution in [1.29, 1.82) is 0 Å². The van der Waals surface area contributed by atoms with Crippen LogP contribution in [0.25, 0.3) is 0 Å². The van der Waals surface area contributed by atoms with Crippen molar-refractivity contribution in [2.45, 2.75) is 12.6 Å². The van der Waals surface area contributed by atoms with Gasteiger partial charge in [0.05, 0.1) is 12.7 Å². The standard InChI is InChI=1S/C12H17BrFNO2/c1-15(7-12(16)8-17-2)6-9-3-10(13)5-11(14)4-9/h3-5,12,16H,6-8H2,1-2H3. The van der Waals surface area contributed by atoms with E-state index in [-0.39, 0.29) is 5.82 Å². The van der Waals surface area contributed by atoms with E-state index >= 15 is 0 Å². The Morgan fingerprint density at radius 2 is 2.18 bits per heavy atom. The van der Waals surface area contributed by atoms with Crippen LogP contribution in [-0.2, 0) is 11.3 Å². The number of nitrogens with zero attached hydrogens (tertiary/aromatic N) is 1. The lowest BCUT2D eigenvalue weighted by molar-refractivity contribution is 0.0418. The number of halogens is 2. The van der Waals surface area contributed by atoms with Crippen molar-refractivity contribution in [3.8, 4) is 0 Å². The fourth-order valence-corrected chi connectivity index (χ4v) is 2.20. The SMILES string of the molecule is COCC(O)CN(C)Cc1cc(F)cc(Br)c1. The van der Waals surface area contributed by atoms with Gasteiger partial charge in [-0.05, 0) is 30.8 Å². The monoisotopic (exact) mass is 305 g/mol. The predicted octanol–water partition coefficient (Wildman–Crippen LogP) is 2.03. The smallest absolute Gasteiger partial charge is 0.124 e. The molecule has 5 heteroatoms. The Labute approximate surface area is 109 Å². The predicted molar refractivity (Wildman–Crippen MR) is 68.3 cm³/mol. The van der Waals surface area contributed by atoms with E-state index in [1.807, 2.05) is 18.0 Å². The van der Waals surface area contributed by atoms with Crippen LogP contribution >= 0.6 is 15.9 Å². The molecule has 1 N–H and O–H groups in total. The molecule has 1 unspecified atom stereocenters. The third-order valence-corrected chi connectivity index (χ3v) is 2.71. The molecule has 1 rings (SSSR count). The number of methoxy groups -OCH3 is 1. The van der Waals surface area contributed by atoms with Gasteiger partial charge in [-0.2, -0.15) is 0 Å². The van der Waals surface area contributed by atoms with Crippen molar-refractivity contribution in [3.63, 3.8) is 0 Å². The Balaban J connectivity index is 2.52. The van der Waals surface area contributed by atoms with Crippen LogP contribution in [0, 0.1) is 5.82 Å². The van der Waals surface area contributed by atoms with Crippen LogP contribution in [0.2, 0.25) is 0 Å². The van der Waals surface area contributed by atoms with Crippen molar-refractivity contribution < 1.29 is 14.2 Å². The molecule has 1 atom stereocenters. The zero-order valence-corrected chi connectivity index (χ0v) is 11.6. The number of benzene rings is 1. The maximum Gasteiger partial charge on any atom is 0.124 e. The minimum absolute atomic E-state index is 0.264. The molecule has 0 saturated heterocycles. The molecule has 17 heavy (non-hydrogen) atoms. The first-order valence-electron chi connectivity index (χ1n) is 5.31. The molecule has 0 aliphatic carbocycles. The van der Waals surface area contributed by atoms with Crippen molar-refractivity contribution >= 4 is 15.9 Å². The molecule has 0 fully saturated rings. The van der Waals surface area contributed by atoms with Crippen LogP contribution < -0.4 is 0 Å². The summed E-state index contributed by atoms with van der Waals surface area (Å²) in [6, 6.07) is 4.77. The summed E-state index contributed by atoms with van der Waals surface area (Å²) in [5.74, 6) is -0.264. The largest absolute Gasteiger partial charge is 0.389 e. The molecule has 0 saturated carbocycles. The molecule has 0 aliphatic rings. The quantitative estimate of drug-likeness (QED) is 0.873. The Kier molecular flexibility index (Phi) is 6.05. The summed E-state index contributed by atoms with van der Waals surface area (Å²) >= 11 is 3.25. The van der Waals surface area contributed by atoms with Crippen molar-refractivity contribution in [1.82, 2.24) is 4.90 Å². The van der Waals surface area contributed by atoms with Crippen molar-refractivity contribution in [2.75, 3.05) is 27.3 Å². The highest BCUT2D eigenvalue weighted by Crippen LogP contribution is 2.16. The van der Waals surface area contributed by atoms with E-state index in [0.717, 1.165) is 10.0 Å². The van der Waals surface area contributed by atoms with E-state index in [1.165, 1.54) is 12.1 Å². The van der Waals surface area contributed by atoms with Gasteiger partial charge in [0.1, 0.15) is 5.82 Å². The van der Waals surface area contributed by atoms with Gasteiger partial charge in [-0.1, -0.05) is 15.9 Å². The summed E-state index contributed by atoms with van der Waals surface area (Å²) in [6.07, 6.45) is -0.526. The molecule has 0 bridgehead atoms. The maximum atomic E-state index is 13.1. The normalized spacial score (nSPS) is 13.1. The van der Waals surface area contributed by atoms with Crippen molar-refractivity contribution in [2.24, 2.45) is 0 Å². The fourth-order valence-electron chi connectivity index (χ4n) is 1.68. The maximum absolute atomic E-state index is 13.1. The number of aliphatic hydroxyl groups is 1. The molecular formula is C12H17BrFNO2. The average Bonchev–Trinajstić information content (AvgIpc) is 2.14. The Bertz CT molecular complexity index is 342. The zero-order valence-electron chi connectivity index (χ0n) is 9.99. The minimum atomic E-state index is -0.526. The summed E-state index contributed by atoms with van der Waals surface area (Å²) in [5.41, 5.74) is 0.865. The van der Waals surface area contributed by atoms with Crippen LogP contribution in [0.4, 0.5) is 4.39 Å². The highest BCUT2D eigenvalue weighted by atomic mass is 79.9. The lowest BCUT2D eigenvalue weighted by atomic mass is 10.2. The number of hydrogen-bond acceptors (Lipinski definition) is 3. The lowest BCUT2D eigenvalue weighted by Crippen LogP contribution is -2.31. The number of likely N-dealkylation sites (N-methyl/N-ethyl adjacent to an activating group) is 1. The number of hydrogen-bond donors (Lipinski definition) is 1. The van der Waals surface area contributed by atoms with Crippen LogP contribution in [0.15, 0.2) is 22.7 Å². The Hall–Kier alpha value is -0.490. The number of ether oxygens (including phenoxy) is 1. The Morgan fingerprint density at radius 1 is 1.47 bits per heavy atom. The van der Waals surface area contributed by atoms with Gasteiger partial charge in [-0.25, -0.2) is 4.39 Å². The summed E-state index contributed by atoms with van der Waals surface area (Å²) in [7, 11) is 3.42. The van der Waals surface area contributed by atoms with Gasteiger partial charge in [0.25, 0.3) is 0 Å². The van der Waals surface area contributed by atoms with Crippen molar-refractivity contribution in [3.05, 3.63) is 34.1 Å². The highest BCUT2D eigenvalue weighted by molar-refractivity contribution is 9.10. The van der Waals surface area contributed by atoms with Crippen LogP contribution in [-0.4, -0.2) is 43.4 Å². The fraction of sp³-hybridized carbons (Fsp3) is 0.500. The van der Waals surface area contributed by atoms with Gasteiger partial charge in [0, 0.05) is 24.7 Å². The van der Waals surface area contributed by atoms with E-state index in [1.54, 1.807) is 7.11 Å². The average molecular weight is 306 g/mol. The van der Waals surface area contributed by atoms with Gasteiger partial charge >= 0.3 is 0 Å². The first-order valence-corrected chi connectivity index (χ1v) is 6.11. The molecule has 0 heterocycles. The van der Waals surface area contributed by atoms with Gasteiger partial charge in [-0.15, -0.1) is 0 Å². The Morgan fingerprint density at radius 3 is 2.76 bits per heavy atom. The summed E-state index contributed by atoms with van der Waals surface area (Å²) in [6.45, 7) is 1.37. The van der Waals surface area contributed by atoms with Gasteiger partial charge in [-0.3, -0.25) is 4.90 Å². The third-order valence-electron chi connectivity index (χ3n) is 2.26. The van der Waals surface area contributed by atoms with Gasteiger partial charge in [0.2, 0.25) is 0 Å². The van der Waals surface area contributed by atoms with Crippen LogP contribution in [0.1, 0.15) is 5.56 Å². The van der Waals surface area contributed by atoms with Crippen LogP contribution in [0.5, 0.6) is 0 Å². The number of rotatable bonds is 6. The first kappa shape index (κ1) is 14.6. The van der Waals surface area contributed by atoms with Crippen LogP contribution in [0.3, 0.4) is 0 Å². The molecule has 0 radical (unpaired) electrons. The zero-order chi connectivity index (χ0) is 12.8. The molecule has 0 aromatic heterocycles. The van der Waals surface area contributed by atoms with E-state index in [2.05, 4.69) is 15.9 Å². The molecule has 96 valence electrons. The lowest BCUT2D eigenvalue weighted by Gasteiger charge is -2.20. The molecular weight excluding hydrogens is 289 g/mol. The van der Waals surface area contributed by atoms with E-state index in [9.17, 15) is 9.50 Å². The second-order valence-corrected chi connectivity index (χ2v) is 5.00. The summed E-state index contributed by atoms with van der Waals surface area (Å²) in [5, 5.41) is 9.56. The third kappa shape index (κ3) is 5.59. The molecule has 0 aliphatic heterocycles. The second kappa shape index (κ2) is 7.06. The summed E-state index contributed by atoms with van der Waals surface area (Å²) < 4.78 is 18.7. The molecule has 0 amide bonds. The first-order chi connectivity index (χ1) is 8.01.